The van der Waals surface area contributed by atoms with Crippen LogP contribution in [0.1, 0.15) is 25.7 Å². The summed E-state index contributed by atoms with van der Waals surface area (Å²) >= 11 is 0. The van der Waals surface area contributed by atoms with Crippen molar-refractivity contribution in [2.45, 2.75) is 25.7 Å². The van der Waals surface area contributed by atoms with Crippen LogP contribution in [0.5, 0.6) is 0 Å². The minimum absolute atomic E-state index is 0.241. The molecule has 0 bridgehead atoms. The summed E-state index contributed by atoms with van der Waals surface area (Å²) in [7, 11) is 0. The van der Waals surface area contributed by atoms with Crippen molar-refractivity contribution in [2.24, 2.45) is 11.8 Å². The molecule has 0 spiro atoms. The second kappa shape index (κ2) is 5.23. The van der Waals surface area contributed by atoms with Crippen molar-refractivity contribution in [2.75, 3.05) is 19.6 Å². The van der Waals surface area contributed by atoms with Gasteiger partial charge in [0, 0.05) is 25.6 Å². The van der Waals surface area contributed by atoms with Crippen LogP contribution < -0.4 is 0 Å². The van der Waals surface area contributed by atoms with Gasteiger partial charge in [0.25, 0.3) is 0 Å². The summed E-state index contributed by atoms with van der Waals surface area (Å²) in [4.78, 5) is 14.9. The zero-order chi connectivity index (χ0) is 12.4. The molecule has 1 fully saturated rings. The Kier molecular flexibility index (Phi) is 3.46. The molecule has 0 amide bonds. The van der Waals surface area contributed by atoms with Gasteiger partial charge in [-0.05, 0) is 37.2 Å². The third kappa shape index (κ3) is 2.35. The van der Waals surface area contributed by atoms with Crippen LogP contribution in [0.2, 0.25) is 0 Å². The van der Waals surface area contributed by atoms with E-state index in [1.165, 1.54) is 6.42 Å². The second-order valence-corrected chi connectivity index (χ2v) is 5.64. The molecule has 0 saturated heterocycles. The highest BCUT2D eigenvalue weighted by atomic mass is 16.1. The molecule has 1 saturated carbocycles. The molecule has 2 aliphatic carbocycles. The molecule has 1 aliphatic heterocycles. The molecule has 0 radical (unpaired) electrons. The first-order chi connectivity index (χ1) is 8.84. The molecule has 2 atom stereocenters. The Morgan fingerprint density at radius 1 is 1.22 bits per heavy atom. The van der Waals surface area contributed by atoms with Gasteiger partial charge < -0.3 is 0 Å². The smallest absolute Gasteiger partial charge is 0.163 e. The van der Waals surface area contributed by atoms with Crippen molar-refractivity contribution in [3.63, 3.8) is 0 Å². The second-order valence-electron chi connectivity index (χ2n) is 5.64. The van der Waals surface area contributed by atoms with Gasteiger partial charge in [-0.1, -0.05) is 30.4 Å². The van der Waals surface area contributed by atoms with Crippen LogP contribution in [0.25, 0.3) is 0 Å². The summed E-state index contributed by atoms with van der Waals surface area (Å²) in [6.07, 6.45) is 15.2. The number of ketones is 1. The van der Waals surface area contributed by atoms with E-state index in [0.29, 0.717) is 11.7 Å². The lowest BCUT2D eigenvalue weighted by molar-refractivity contribution is -0.121. The van der Waals surface area contributed by atoms with Gasteiger partial charge in [0.1, 0.15) is 0 Å². The van der Waals surface area contributed by atoms with E-state index in [-0.39, 0.29) is 5.92 Å². The highest BCUT2D eigenvalue weighted by Crippen LogP contribution is 2.35. The van der Waals surface area contributed by atoms with Crippen LogP contribution in [0.15, 0.2) is 36.0 Å². The van der Waals surface area contributed by atoms with Crippen molar-refractivity contribution in [3.8, 4) is 0 Å². The first-order valence-corrected chi connectivity index (χ1v) is 7.13. The normalized spacial score (nSPS) is 32.2. The van der Waals surface area contributed by atoms with E-state index in [4.69, 9.17) is 0 Å². The Bertz CT molecular complexity index is 419. The van der Waals surface area contributed by atoms with Crippen LogP contribution in [0.3, 0.4) is 0 Å². The molecule has 18 heavy (non-hydrogen) atoms. The van der Waals surface area contributed by atoms with Gasteiger partial charge in [0.2, 0.25) is 0 Å². The number of nitrogens with zero attached hydrogens (tertiary/aromatic N) is 1. The van der Waals surface area contributed by atoms with Crippen molar-refractivity contribution < 1.29 is 4.79 Å². The number of carbonyl (C=O) groups excluding carboxylic acids is 1. The van der Waals surface area contributed by atoms with E-state index < -0.39 is 0 Å². The molecular formula is C16H21NO. The molecule has 0 aromatic carbocycles. The lowest BCUT2D eigenvalue weighted by atomic mass is 9.74. The number of Topliss-reactive ketones (excluding diaryl/α,β-unsaturated/α-hetero) is 1. The molecule has 3 rings (SSSR count). The molecule has 1 heterocycles. The van der Waals surface area contributed by atoms with Gasteiger partial charge in [-0.3, -0.25) is 9.69 Å². The van der Waals surface area contributed by atoms with E-state index in [1.54, 1.807) is 0 Å². The van der Waals surface area contributed by atoms with Crippen LogP contribution in [-0.4, -0.2) is 30.3 Å². The molecule has 2 heteroatoms. The number of allylic oxidation sites excluding steroid dienone is 4. The molecule has 96 valence electrons. The third-order valence-corrected chi connectivity index (χ3v) is 4.41. The van der Waals surface area contributed by atoms with Crippen molar-refractivity contribution >= 4 is 5.78 Å². The van der Waals surface area contributed by atoms with Gasteiger partial charge in [0.15, 0.2) is 5.78 Å². The molecule has 3 aliphatic rings. The molecule has 0 aromatic rings. The number of carbonyl (C=O) groups is 1. The maximum atomic E-state index is 12.5. The van der Waals surface area contributed by atoms with Crippen LogP contribution >= 0.6 is 0 Å². The Morgan fingerprint density at radius 2 is 2.17 bits per heavy atom. The minimum Gasteiger partial charge on any atom is -0.299 e. The Morgan fingerprint density at radius 3 is 3.00 bits per heavy atom. The highest BCUT2D eigenvalue weighted by Gasteiger charge is 2.33. The van der Waals surface area contributed by atoms with Crippen molar-refractivity contribution in [1.82, 2.24) is 4.90 Å². The maximum absolute atomic E-state index is 12.5. The standard InChI is InChI=1S/C16H21NO/c18-16-14(12-17-10-4-1-5-11-17)9-8-13-6-2-3-7-15(13)16/h1-4,7,13-14H,5-6,8-12H2. The van der Waals surface area contributed by atoms with E-state index >= 15 is 0 Å². The average Bonchev–Trinajstić information content (AvgIpc) is 2.43. The van der Waals surface area contributed by atoms with Crippen LogP contribution in [0, 0.1) is 11.8 Å². The number of fused-ring (bicyclic) bond motifs is 1. The largest absolute Gasteiger partial charge is 0.299 e. The monoisotopic (exact) mass is 243 g/mol. The van der Waals surface area contributed by atoms with Crippen LogP contribution in [-0.2, 0) is 4.79 Å². The van der Waals surface area contributed by atoms with E-state index in [0.717, 1.165) is 44.5 Å². The van der Waals surface area contributed by atoms with Gasteiger partial charge in [-0.15, -0.1) is 0 Å². The average molecular weight is 243 g/mol. The summed E-state index contributed by atoms with van der Waals surface area (Å²) in [6.45, 7) is 3.09. The number of rotatable bonds is 2. The fourth-order valence-corrected chi connectivity index (χ4v) is 3.34. The van der Waals surface area contributed by atoms with Gasteiger partial charge in [0.05, 0.1) is 0 Å². The SMILES string of the molecule is O=C1C2=CC=CCC2CCC1CN1CC=CCC1. The number of hydrogen-bond acceptors (Lipinski definition) is 2. The van der Waals surface area contributed by atoms with E-state index in [1.807, 2.05) is 0 Å². The predicted octanol–water partition coefficient (Wildman–Crippen LogP) is 2.73. The Labute approximate surface area is 109 Å². The Hall–Kier alpha value is -1.15. The van der Waals surface area contributed by atoms with E-state index in [9.17, 15) is 4.79 Å². The highest BCUT2D eigenvalue weighted by molar-refractivity contribution is 5.99. The number of hydrogen-bond donors (Lipinski definition) is 0. The summed E-state index contributed by atoms with van der Waals surface area (Å²) in [5, 5.41) is 0. The predicted molar refractivity (Wildman–Crippen MR) is 73.3 cm³/mol. The van der Waals surface area contributed by atoms with Crippen LogP contribution in [0.4, 0.5) is 0 Å². The fraction of sp³-hybridized carbons (Fsp3) is 0.562. The zero-order valence-electron chi connectivity index (χ0n) is 10.8. The summed E-state index contributed by atoms with van der Waals surface area (Å²) in [5.74, 6) is 1.18. The Balaban J connectivity index is 1.66. The van der Waals surface area contributed by atoms with Gasteiger partial charge >= 0.3 is 0 Å². The summed E-state index contributed by atoms with van der Waals surface area (Å²) < 4.78 is 0. The van der Waals surface area contributed by atoms with Gasteiger partial charge in [-0.2, -0.15) is 0 Å². The van der Waals surface area contributed by atoms with Gasteiger partial charge in [-0.25, -0.2) is 0 Å². The molecule has 0 aromatic heterocycles. The minimum atomic E-state index is 0.241. The quantitative estimate of drug-likeness (QED) is 0.695. The fourth-order valence-electron chi connectivity index (χ4n) is 3.34. The molecular weight excluding hydrogens is 222 g/mol. The topological polar surface area (TPSA) is 20.3 Å². The molecule has 2 unspecified atom stereocenters. The van der Waals surface area contributed by atoms with Crippen molar-refractivity contribution in [1.29, 1.82) is 0 Å². The molecule has 0 N–H and O–H groups in total. The van der Waals surface area contributed by atoms with Crippen molar-refractivity contribution in [3.05, 3.63) is 36.0 Å². The first kappa shape index (κ1) is 11.9. The lowest BCUT2D eigenvalue weighted by Gasteiger charge is -2.34. The zero-order valence-corrected chi connectivity index (χ0v) is 10.8. The van der Waals surface area contributed by atoms with E-state index in [2.05, 4.69) is 35.3 Å². The maximum Gasteiger partial charge on any atom is 0.163 e. The third-order valence-electron chi connectivity index (χ3n) is 4.41. The molecule has 2 nitrogen and oxygen atoms in total. The summed E-state index contributed by atoms with van der Waals surface area (Å²) in [5.41, 5.74) is 1.10. The first-order valence-electron chi connectivity index (χ1n) is 7.13. The summed E-state index contributed by atoms with van der Waals surface area (Å²) in [6, 6.07) is 0. The lowest BCUT2D eigenvalue weighted by Crippen LogP contribution is -2.39.